The lowest BCUT2D eigenvalue weighted by Crippen LogP contribution is -2.47. The van der Waals surface area contributed by atoms with Crippen LogP contribution in [-0.4, -0.2) is 47.9 Å². The number of benzene rings is 1. The highest BCUT2D eigenvalue weighted by Gasteiger charge is 2.23. The number of aliphatic imine (C=N–C) groups is 1. The molecule has 28 heavy (non-hydrogen) atoms. The fourth-order valence-electron chi connectivity index (χ4n) is 3.86. The Hall–Kier alpha value is -0.960. The van der Waals surface area contributed by atoms with Crippen LogP contribution in [0.1, 0.15) is 44.6 Å². The van der Waals surface area contributed by atoms with E-state index in [9.17, 15) is 4.79 Å². The van der Waals surface area contributed by atoms with E-state index in [1.807, 2.05) is 19.2 Å². The van der Waals surface area contributed by atoms with Crippen LogP contribution in [0.2, 0.25) is 0 Å². The molecule has 1 aromatic carbocycles. The fourth-order valence-corrected chi connectivity index (χ4v) is 5.04. The van der Waals surface area contributed by atoms with Crippen LogP contribution in [0.4, 0.5) is 5.69 Å². The Morgan fingerprint density at radius 1 is 1.32 bits per heavy atom. The maximum absolute atomic E-state index is 12.3. The third kappa shape index (κ3) is 6.54. The van der Waals surface area contributed by atoms with E-state index in [0.29, 0.717) is 11.8 Å². The van der Waals surface area contributed by atoms with Gasteiger partial charge in [0.1, 0.15) is 0 Å². The number of thioether (sulfide) groups is 1. The fraction of sp³-hybridized carbons (Fsp3) is 0.619. The molecule has 1 aliphatic carbocycles. The van der Waals surface area contributed by atoms with Gasteiger partial charge in [-0.2, -0.15) is 11.8 Å². The van der Waals surface area contributed by atoms with Gasteiger partial charge in [0.15, 0.2) is 5.96 Å². The van der Waals surface area contributed by atoms with Crippen molar-refractivity contribution in [3.63, 3.8) is 0 Å². The van der Waals surface area contributed by atoms with Crippen LogP contribution in [0.15, 0.2) is 29.3 Å². The van der Waals surface area contributed by atoms with Crippen LogP contribution in [0.5, 0.6) is 0 Å². The molecule has 2 aliphatic rings. The summed E-state index contributed by atoms with van der Waals surface area (Å²) < 4.78 is 0. The highest BCUT2D eigenvalue weighted by Crippen LogP contribution is 2.26. The second-order valence-electron chi connectivity index (χ2n) is 7.42. The summed E-state index contributed by atoms with van der Waals surface area (Å²) in [5.41, 5.74) is 2.04. The molecule has 7 heteroatoms. The molecule has 2 fully saturated rings. The molecule has 156 valence electrons. The monoisotopic (exact) mass is 516 g/mol. The number of carbonyl (C=O) groups is 1. The molecule has 1 aromatic rings. The van der Waals surface area contributed by atoms with Crippen molar-refractivity contribution in [2.75, 3.05) is 31.2 Å². The van der Waals surface area contributed by atoms with Crippen LogP contribution in [0.3, 0.4) is 0 Å². The number of hydrogen-bond acceptors (Lipinski definition) is 3. The van der Waals surface area contributed by atoms with Gasteiger partial charge in [0.25, 0.3) is 0 Å². The number of anilines is 1. The van der Waals surface area contributed by atoms with Gasteiger partial charge in [-0.3, -0.25) is 9.79 Å². The minimum atomic E-state index is 0. The van der Waals surface area contributed by atoms with Crippen LogP contribution < -0.4 is 10.6 Å². The topological polar surface area (TPSA) is 56.7 Å². The van der Waals surface area contributed by atoms with Crippen molar-refractivity contribution >= 4 is 53.3 Å². The van der Waals surface area contributed by atoms with Gasteiger partial charge < -0.3 is 15.5 Å². The number of guanidine groups is 1. The Bertz CT molecular complexity index is 664. The van der Waals surface area contributed by atoms with Gasteiger partial charge in [-0.1, -0.05) is 31.9 Å². The Kier molecular flexibility index (Phi) is 9.91. The summed E-state index contributed by atoms with van der Waals surface area (Å²) in [6, 6.07) is 8.13. The molecule has 1 saturated carbocycles. The predicted molar refractivity (Wildman–Crippen MR) is 131 cm³/mol. The highest BCUT2D eigenvalue weighted by atomic mass is 127. The third-order valence-corrected chi connectivity index (χ3v) is 6.85. The smallest absolute Gasteiger partial charge is 0.227 e. The van der Waals surface area contributed by atoms with E-state index in [1.165, 1.54) is 19.3 Å². The van der Waals surface area contributed by atoms with E-state index in [2.05, 4.69) is 51.3 Å². The first-order chi connectivity index (χ1) is 13.2. The average molecular weight is 516 g/mol. The van der Waals surface area contributed by atoms with Gasteiger partial charge in [0.05, 0.1) is 0 Å². The van der Waals surface area contributed by atoms with E-state index >= 15 is 0 Å². The Labute approximate surface area is 190 Å². The predicted octanol–water partition coefficient (Wildman–Crippen LogP) is 4.34. The van der Waals surface area contributed by atoms with Crippen LogP contribution >= 0.6 is 35.7 Å². The zero-order valence-corrected chi connectivity index (χ0v) is 20.1. The van der Waals surface area contributed by atoms with Crippen LogP contribution in [-0.2, 0) is 11.3 Å². The normalized spacial score (nSPS) is 20.6. The van der Waals surface area contributed by atoms with Crippen molar-refractivity contribution < 1.29 is 4.79 Å². The van der Waals surface area contributed by atoms with E-state index in [-0.39, 0.29) is 35.8 Å². The highest BCUT2D eigenvalue weighted by molar-refractivity contribution is 14.0. The molecule has 0 spiro atoms. The molecule has 1 unspecified atom stereocenters. The Balaban J connectivity index is 0.00000280. The first-order valence-corrected chi connectivity index (χ1v) is 11.2. The van der Waals surface area contributed by atoms with E-state index < -0.39 is 0 Å². The quantitative estimate of drug-likeness (QED) is 0.348. The SMILES string of the molecule is CCC1CN(C(=NC)NCc2cccc(NC(=O)C3CCCC3)c2)CCS1.I. The molecule has 1 amide bonds. The summed E-state index contributed by atoms with van der Waals surface area (Å²) in [7, 11) is 1.85. The van der Waals surface area contributed by atoms with Gasteiger partial charge >= 0.3 is 0 Å². The summed E-state index contributed by atoms with van der Waals surface area (Å²) in [6.45, 7) is 5.06. The van der Waals surface area contributed by atoms with Gasteiger partial charge in [-0.15, -0.1) is 24.0 Å². The molecule has 1 heterocycles. The molecule has 1 aliphatic heterocycles. The molecule has 3 rings (SSSR count). The molecule has 2 N–H and O–H groups in total. The molecule has 1 saturated heterocycles. The lowest BCUT2D eigenvalue weighted by atomic mass is 10.1. The Morgan fingerprint density at radius 2 is 2.11 bits per heavy atom. The number of amides is 1. The van der Waals surface area contributed by atoms with Crippen molar-refractivity contribution in [1.82, 2.24) is 10.2 Å². The molecular formula is C21H33IN4OS. The Morgan fingerprint density at radius 3 is 2.82 bits per heavy atom. The minimum Gasteiger partial charge on any atom is -0.352 e. The van der Waals surface area contributed by atoms with Gasteiger partial charge in [0.2, 0.25) is 5.91 Å². The van der Waals surface area contributed by atoms with Crippen molar-refractivity contribution in [3.8, 4) is 0 Å². The molecule has 5 nitrogen and oxygen atoms in total. The summed E-state index contributed by atoms with van der Waals surface area (Å²) >= 11 is 2.06. The van der Waals surface area contributed by atoms with E-state index in [4.69, 9.17) is 0 Å². The van der Waals surface area contributed by atoms with E-state index in [1.54, 1.807) is 0 Å². The molecule has 1 atom stereocenters. The van der Waals surface area contributed by atoms with Crippen molar-refractivity contribution in [2.45, 2.75) is 50.8 Å². The second kappa shape index (κ2) is 11.9. The summed E-state index contributed by atoms with van der Waals surface area (Å²) in [5.74, 6) is 2.48. The molecule has 0 aromatic heterocycles. The van der Waals surface area contributed by atoms with Gasteiger partial charge in [-0.25, -0.2) is 0 Å². The maximum atomic E-state index is 12.3. The second-order valence-corrected chi connectivity index (χ2v) is 8.83. The third-order valence-electron chi connectivity index (χ3n) is 5.48. The zero-order valence-electron chi connectivity index (χ0n) is 16.9. The van der Waals surface area contributed by atoms with E-state index in [0.717, 1.165) is 48.9 Å². The van der Waals surface area contributed by atoms with Crippen LogP contribution in [0, 0.1) is 5.92 Å². The minimum absolute atomic E-state index is 0. The standard InChI is InChI=1S/C21H32N4OS.HI/c1-3-19-15-25(11-12-27-19)21(22-2)23-14-16-7-6-10-18(13-16)24-20(26)17-8-4-5-9-17;/h6-7,10,13,17,19H,3-5,8-9,11-12,14-15H2,1-2H3,(H,22,23)(H,24,26);1H. The van der Waals surface area contributed by atoms with Crippen molar-refractivity contribution in [1.29, 1.82) is 0 Å². The lowest BCUT2D eigenvalue weighted by Gasteiger charge is -2.34. The first kappa shape index (κ1) is 23.3. The lowest BCUT2D eigenvalue weighted by molar-refractivity contribution is -0.119. The average Bonchev–Trinajstić information content (AvgIpc) is 3.24. The summed E-state index contributed by atoms with van der Waals surface area (Å²) in [4.78, 5) is 19.2. The number of rotatable bonds is 5. The molecule has 0 radical (unpaired) electrons. The number of nitrogens with zero attached hydrogens (tertiary/aromatic N) is 2. The van der Waals surface area contributed by atoms with Crippen molar-refractivity contribution in [2.24, 2.45) is 10.9 Å². The van der Waals surface area contributed by atoms with Crippen molar-refractivity contribution in [3.05, 3.63) is 29.8 Å². The summed E-state index contributed by atoms with van der Waals surface area (Å²) in [5, 5.41) is 7.27. The number of hydrogen-bond donors (Lipinski definition) is 2. The largest absolute Gasteiger partial charge is 0.352 e. The number of halogens is 1. The number of nitrogens with one attached hydrogen (secondary N) is 2. The van der Waals surface area contributed by atoms with Crippen LogP contribution in [0.25, 0.3) is 0 Å². The van der Waals surface area contributed by atoms with Gasteiger partial charge in [0, 0.05) is 49.3 Å². The first-order valence-electron chi connectivity index (χ1n) is 10.2. The maximum Gasteiger partial charge on any atom is 0.227 e. The zero-order chi connectivity index (χ0) is 19.1. The number of carbonyl (C=O) groups excluding carboxylic acids is 1. The molecule has 0 bridgehead atoms. The molecular weight excluding hydrogens is 483 g/mol. The van der Waals surface area contributed by atoms with Gasteiger partial charge in [-0.05, 0) is 37.0 Å². The summed E-state index contributed by atoms with van der Waals surface area (Å²) in [6.07, 6.45) is 5.59.